The zero-order valence-corrected chi connectivity index (χ0v) is 47.7. The third-order valence-electron chi connectivity index (χ3n) is 17.1. The van der Waals surface area contributed by atoms with Crippen molar-refractivity contribution in [2.24, 2.45) is 29.6 Å². The molecule has 14 atom stereocenters. The number of hydrogen-bond acceptors (Lipinski definition) is 13. The van der Waals surface area contributed by atoms with E-state index in [1.807, 2.05) is 58.0 Å². The van der Waals surface area contributed by atoms with Crippen LogP contribution in [0.1, 0.15) is 145 Å². The van der Waals surface area contributed by atoms with Crippen molar-refractivity contribution in [1.29, 1.82) is 0 Å². The van der Waals surface area contributed by atoms with E-state index in [-0.39, 0.29) is 67.1 Å². The lowest BCUT2D eigenvalue weighted by atomic mass is 9.73. The maximum absolute atomic E-state index is 15.0. The highest BCUT2D eigenvalue weighted by Gasteiger charge is 2.57. The second-order valence-electron chi connectivity index (χ2n) is 23.8. The van der Waals surface area contributed by atoms with E-state index in [2.05, 4.69) is 52.9 Å². The average Bonchev–Trinajstić information content (AvgIpc) is 3.33. The molecule has 0 spiro atoms. The number of piperidine rings is 1. The fourth-order valence-electron chi connectivity index (χ4n) is 11.6. The maximum atomic E-state index is 15.0. The van der Waals surface area contributed by atoms with Gasteiger partial charge in [0.05, 0.1) is 30.0 Å². The van der Waals surface area contributed by atoms with Gasteiger partial charge in [0.25, 0.3) is 11.7 Å². The highest BCUT2D eigenvalue weighted by molar-refractivity contribution is 6.74. The standard InChI is InChI=1S/C58H91NO13Si/c1-15-43-28-36(2)27-37(3)29-48(67-10)52-49(68-11)31-39(5)58(66,71-52)53(62)54(63)59-26-20-19-23-45(59)55(64)70-51(40(6)47(34-46(43)61)72-73(13,14)56(7,8)9)38(4)30-42-24-25-57(65,50(33-42)69-12)35-44(60)32-41-21-17-16-18-22-41/h16-18,21-22,28,30,37,39-40,42-43,45,47-52,65-66H,15,19-20,23-27,29,31-35H2,1-14H3/b36-28+,38-30?. The van der Waals surface area contributed by atoms with Gasteiger partial charge >= 0.3 is 5.97 Å². The Hall–Kier alpha value is -3.41. The first kappa shape index (κ1) is 60.5. The fraction of sp³-hybridized carbons (Fsp3) is 0.741. The molecule has 1 amide bonds. The molecule has 0 radical (unpaired) electrons. The number of aliphatic hydroxyl groups is 2. The van der Waals surface area contributed by atoms with E-state index in [4.69, 9.17) is 28.1 Å². The highest BCUT2D eigenvalue weighted by atomic mass is 28.4. The number of ketones is 3. The number of carbonyl (C=O) groups excluding carboxylic acids is 5. The van der Waals surface area contributed by atoms with Crippen LogP contribution in [0.15, 0.2) is 53.6 Å². The lowest BCUT2D eigenvalue weighted by Crippen LogP contribution is -2.64. The number of esters is 1. The Labute approximate surface area is 437 Å². The number of amides is 1. The third kappa shape index (κ3) is 14.7. The Morgan fingerprint density at radius 1 is 0.904 bits per heavy atom. The number of benzene rings is 1. The third-order valence-corrected chi connectivity index (χ3v) is 21.6. The Morgan fingerprint density at radius 3 is 2.18 bits per heavy atom. The summed E-state index contributed by atoms with van der Waals surface area (Å²) >= 11 is 0. The SMILES string of the molecule is CCC1/C=C(\C)CC(C)CC(OC)C2OC(O)(C(=O)C(=O)N3CCCCC3C(=O)OC(C(C)=CC3CCC(O)(CC(=O)Cc4ccccc4)C(OC)C3)C(C)C(O[Si](C)(C)C(C)(C)C)CC1=O)C(C)CC2OC. The highest BCUT2D eigenvalue weighted by Crippen LogP contribution is 2.43. The van der Waals surface area contributed by atoms with Crippen LogP contribution < -0.4 is 0 Å². The van der Waals surface area contributed by atoms with Crippen molar-refractivity contribution in [3.05, 3.63) is 59.2 Å². The maximum Gasteiger partial charge on any atom is 0.329 e. The van der Waals surface area contributed by atoms with E-state index >= 15 is 4.79 Å². The lowest BCUT2D eigenvalue weighted by Gasteiger charge is -2.47. The predicted molar refractivity (Wildman–Crippen MR) is 283 cm³/mol. The molecule has 2 bridgehead atoms. The van der Waals surface area contributed by atoms with Crippen LogP contribution in [-0.2, 0) is 58.5 Å². The minimum absolute atomic E-state index is 0.0169. The summed E-state index contributed by atoms with van der Waals surface area (Å²) in [5, 5.41) is 24.0. The van der Waals surface area contributed by atoms with Gasteiger partial charge in [-0.05, 0) is 119 Å². The number of hydrogen-bond donors (Lipinski definition) is 2. The van der Waals surface area contributed by atoms with Crippen LogP contribution in [0.25, 0.3) is 0 Å². The molecule has 0 aromatic heterocycles. The van der Waals surface area contributed by atoms with Crippen molar-refractivity contribution in [3.63, 3.8) is 0 Å². The van der Waals surface area contributed by atoms with Crippen LogP contribution in [0.4, 0.5) is 0 Å². The normalized spacial score (nSPS) is 36.1. The fourth-order valence-corrected chi connectivity index (χ4v) is 13.0. The molecule has 2 N–H and O–H groups in total. The lowest BCUT2D eigenvalue weighted by molar-refractivity contribution is -0.302. The molecule has 410 valence electrons. The van der Waals surface area contributed by atoms with Crippen LogP contribution in [0, 0.1) is 29.6 Å². The number of fused-ring (bicyclic) bond motifs is 3. The largest absolute Gasteiger partial charge is 0.456 e. The molecule has 1 aromatic carbocycles. The van der Waals surface area contributed by atoms with E-state index in [9.17, 15) is 29.4 Å². The number of allylic oxidation sites excluding steroid dienone is 3. The minimum atomic E-state index is -2.59. The molecule has 1 saturated carbocycles. The van der Waals surface area contributed by atoms with Gasteiger partial charge in [-0.15, -0.1) is 0 Å². The van der Waals surface area contributed by atoms with Gasteiger partial charge in [-0.25, -0.2) is 4.79 Å². The van der Waals surface area contributed by atoms with Gasteiger partial charge in [0.15, 0.2) is 8.32 Å². The number of methoxy groups -OCH3 is 3. The van der Waals surface area contributed by atoms with Gasteiger partial charge in [0.2, 0.25) is 5.79 Å². The zero-order valence-electron chi connectivity index (χ0n) is 46.7. The molecule has 5 rings (SSSR count). The van der Waals surface area contributed by atoms with Crippen molar-refractivity contribution in [1.82, 2.24) is 4.90 Å². The summed E-state index contributed by atoms with van der Waals surface area (Å²) in [5.74, 6) is -7.45. The van der Waals surface area contributed by atoms with E-state index < -0.39 is 97.8 Å². The summed E-state index contributed by atoms with van der Waals surface area (Å²) in [7, 11) is 2.05. The Bertz CT molecular complexity index is 2120. The van der Waals surface area contributed by atoms with E-state index in [1.165, 1.54) is 4.90 Å². The van der Waals surface area contributed by atoms with E-state index in [1.54, 1.807) is 28.3 Å². The van der Waals surface area contributed by atoms with Crippen LogP contribution in [0.5, 0.6) is 0 Å². The summed E-state index contributed by atoms with van der Waals surface area (Å²) in [6.45, 7) is 22.4. The molecule has 14 nitrogen and oxygen atoms in total. The molecular formula is C58H91NO13Si. The zero-order chi connectivity index (χ0) is 54.2. The average molecular weight is 1040 g/mol. The molecule has 1 aliphatic carbocycles. The van der Waals surface area contributed by atoms with Crippen molar-refractivity contribution in [2.75, 3.05) is 27.9 Å². The van der Waals surface area contributed by atoms with Gasteiger partial charge < -0.3 is 43.2 Å². The molecule has 3 fully saturated rings. The number of rotatable bonds is 12. The number of cyclic esters (lactones) is 1. The molecule has 14 unspecified atom stereocenters. The monoisotopic (exact) mass is 1040 g/mol. The first-order valence-electron chi connectivity index (χ1n) is 27.1. The number of nitrogens with zero attached hydrogens (tertiary/aromatic N) is 1. The van der Waals surface area contributed by atoms with Crippen LogP contribution in [0.3, 0.4) is 0 Å². The van der Waals surface area contributed by atoms with Crippen LogP contribution in [-0.4, -0.2) is 135 Å². The van der Waals surface area contributed by atoms with E-state index in [0.717, 1.165) is 11.1 Å². The number of carbonyl (C=O) groups is 5. The second kappa shape index (κ2) is 25.6. The molecule has 3 aliphatic heterocycles. The molecular weight excluding hydrogens is 947 g/mol. The van der Waals surface area contributed by atoms with Gasteiger partial charge in [-0.3, -0.25) is 19.2 Å². The molecule has 1 aromatic rings. The van der Waals surface area contributed by atoms with Gasteiger partial charge in [0, 0.05) is 64.9 Å². The molecule has 15 heteroatoms. The first-order chi connectivity index (χ1) is 34.2. The second-order valence-corrected chi connectivity index (χ2v) is 28.6. The number of ether oxygens (including phenoxy) is 5. The van der Waals surface area contributed by atoms with Crippen molar-refractivity contribution < 1.29 is 62.3 Å². The summed E-state index contributed by atoms with van der Waals surface area (Å²) in [6, 6.07) is 8.31. The van der Waals surface area contributed by atoms with Crippen molar-refractivity contribution in [2.45, 2.75) is 218 Å². The topological polar surface area (TPSA) is 184 Å². The Morgan fingerprint density at radius 2 is 1.56 bits per heavy atom. The Balaban J connectivity index is 1.59. The summed E-state index contributed by atoms with van der Waals surface area (Å²) < 4.78 is 38.1. The van der Waals surface area contributed by atoms with Crippen molar-refractivity contribution >= 4 is 37.5 Å². The van der Waals surface area contributed by atoms with Gasteiger partial charge in [-0.1, -0.05) is 96.5 Å². The molecule has 4 aliphatic rings. The minimum Gasteiger partial charge on any atom is -0.456 e. The molecule has 73 heavy (non-hydrogen) atoms. The summed E-state index contributed by atoms with van der Waals surface area (Å²) in [4.78, 5) is 73.6. The van der Waals surface area contributed by atoms with Crippen LogP contribution in [0.2, 0.25) is 18.1 Å². The predicted octanol–water partition coefficient (Wildman–Crippen LogP) is 9.07. The number of Topliss-reactive ketones (excluding diaryl/α,β-unsaturated/α-hetero) is 3. The van der Waals surface area contributed by atoms with Crippen LogP contribution >= 0.6 is 0 Å². The summed E-state index contributed by atoms with van der Waals surface area (Å²) in [6.07, 6.45) is 4.41. The first-order valence-corrected chi connectivity index (χ1v) is 30.0. The van der Waals surface area contributed by atoms with Gasteiger partial charge in [-0.2, -0.15) is 0 Å². The summed E-state index contributed by atoms with van der Waals surface area (Å²) in [5.41, 5.74) is 1.23. The smallest absolute Gasteiger partial charge is 0.329 e. The van der Waals surface area contributed by atoms with Crippen molar-refractivity contribution in [3.8, 4) is 0 Å². The van der Waals surface area contributed by atoms with Gasteiger partial charge in [0.1, 0.15) is 29.8 Å². The molecule has 2 saturated heterocycles. The van der Waals surface area contributed by atoms with E-state index in [0.29, 0.717) is 56.9 Å². The Kier molecular flexibility index (Phi) is 21.2. The quantitative estimate of drug-likeness (QED) is 0.0876. The molecule has 3 heterocycles.